The van der Waals surface area contributed by atoms with Crippen LogP contribution in [0.4, 0.5) is 0 Å². The molecule has 0 spiro atoms. The zero-order valence-corrected chi connectivity index (χ0v) is 14.3. The van der Waals surface area contributed by atoms with Crippen LogP contribution in [0, 0.1) is 11.8 Å². The molecule has 1 aliphatic carbocycles. The maximum atomic E-state index is 10.5. The average Bonchev–Trinajstić information content (AvgIpc) is 2.35. The van der Waals surface area contributed by atoms with E-state index in [9.17, 15) is 5.11 Å². The Morgan fingerprint density at radius 3 is 1.85 bits per heavy atom. The van der Waals surface area contributed by atoms with Gasteiger partial charge in [0, 0.05) is 6.04 Å². The summed E-state index contributed by atoms with van der Waals surface area (Å²) in [6.45, 7) is 11.5. The van der Waals surface area contributed by atoms with E-state index >= 15 is 0 Å². The molecule has 1 N–H and O–H groups in total. The highest BCUT2D eigenvalue weighted by molar-refractivity contribution is 4.81. The minimum Gasteiger partial charge on any atom is -0.391 e. The van der Waals surface area contributed by atoms with Gasteiger partial charge in [0.25, 0.3) is 0 Å². The van der Waals surface area contributed by atoms with Crippen molar-refractivity contribution in [3.05, 3.63) is 0 Å². The maximum Gasteiger partial charge on any atom is 0.0695 e. The van der Waals surface area contributed by atoms with E-state index in [0.717, 1.165) is 31.3 Å². The van der Waals surface area contributed by atoms with Gasteiger partial charge in [0.2, 0.25) is 0 Å². The van der Waals surface area contributed by atoms with Crippen molar-refractivity contribution in [2.75, 3.05) is 13.1 Å². The van der Waals surface area contributed by atoms with Crippen LogP contribution in [0.25, 0.3) is 0 Å². The van der Waals surface area contributed by atoms with E-state index in [1.165, 1.54) is 44.9 Å². The van der Waals surface area contributed by atoms with E-state index in [-0.39, 0.29) is 6.10 Å². The molecule has 0 heterocycles. The molecule has 0 aromatic heterocycles. The summed E-state index contributed by atoms with van der Waals surface area (Å²) in [6, 6.07) is 0.410. The first-order valence-corrected chi connectivity index (χ1v) is 8.92. The van der Waals surface area contributed by atoms with E-state index < -0.39 is 0 Å². The Bertz CT molecular complexity index is 228. The Kier molecular flexibility index (Phi) is 8.79. The SMILES string of the molecule is CC(C)CCN(CCC(C)C)C1CCCCCCC1O. The van der Waals surface area contributed by atoms with Gasteiger partial charge in [0.15, 0.2) is 0 Å². The van der Waals surface area contributed by atoms with Crippen LogP contribution in [0.5, 0.6) is 0 Å². The largest absolute Gasteiger partial charge is 0.391 e. The normalized spacial score (nSPS) is 25.2. The van der Waals surface area contributed by atoms with Gasteiger partial charge in [-0.2, -0.15) is 0 Å². The van der Waals surface area contributed by atoms with Gasteiger partial charge in [-0.3, -0.25) is 4.90 Å². The van der Waals surface area contributed by atoms with Crippen LogP contribution in [-0.2, 0) is 0 Å². The first-order valence-electron chi connectivity index (χ1n) is 8.92. The lowest BCUT2D eigenvalue weighted by Gasteiger charge is -2.37. The molecule has 2 heteroatoms. The van der Waals surface area contributed by atoms with Crippen LogP contribution >= 0.6 is 0 Å². The van der Waals surface area contributed by atoms with Crippen LogP contribution in [0.1, 0.15) is 79.1 Å². The molecule has 2 unspecified atom stereocenters. The fourth-order valence-corrected chi connectivity index (χ4v) is 3.16. The van der Waals surface area contributed by atoms with Crippen molar-refractivity contribution in [3.63, 3.8) is 0 Å². The minimum atomic E-state index is -0.102. The van der Waals surface area contributed by atoms with Crippen LogP contribution in [0.3, 0.4) is 0 Å². The lowest BCUT2D eigenvalue weighted by molar-refractivity contribution is 0.0267. The topological polar surface area (TPSA) is 23.5 Å². The zero-order valence-electron chi connectivity index (χ0n) is 14.3. The van der Waals surface area contributed by atoms with Gasteiger partial charge >= 0.3 is 0 Å². The van der Waals surface area contributed by atoms with Gasteiger partial charge in [-0.05, 0) is 50.6 Å². The smallest absolute Gasteiger partial charge is 0.0695 e. The second-order valence-corrected chi connectivity index (χ2v) is 7.53. The molecule has 0 bridgehead atoms. The van der Waals surface area contributed by atoms with E-state index in [1.807, 2.05) is 0 Å². The van der Waals surface area contributed by atoms with E-state index in [2.05, 4.69) is 32.6 Å². The van der Waals surface area contributed by atoms with Crippen molar-refractivity contribution in [2.45, 2.75) is 91.2 Å². The molecule has 0 aromatic carbocycles. The second kappa shape index (κ2) is 9.78. The summed E-state index contributed by atoms with van der Waals surface area (Å²) < 4.78 is 0. The molecule has 2 nitrogen and oxygen atoms in total. The summed E-state index contributed by atoms with van der Waals surface area (Å²) >= 11 is 0. The summed E-state index contributed by atoms with van der Waals surface area (Å²) in [6.07, 6.45) is 9.76. The average molecular weight is 283 g/mol. The summed E-state index contributed by atoms with van der Waals surface area (Å²) in [5.41, 5.74) is 0. The fourth-order valence-electron chi connectivity index (χ4n) is 3.16. The Balaban J connectivity index is 2.60. The van der Waals surface area contributed by atoms with Crippen LogP contribution in [0.2, 0.25) is 0 Å². The van der Waals surface area contributed by atoms with Gasteiger partial charge in [0.05, 0.1) is 6.10 Å². The number of aliphatic hydroxyl groups is 1. The van der Waals surface area contributed by atoms with Gasteiger partial charge in [-0.25, -0.2) is 0 Å². The van der Waals surface area contributed by atoms with Crippen molar-refractivity contribution < 1.29 is 5.11 Å². The maximum absolute atomic E-state index is 10.5. The fraction of sp³-hybridized carbons (Fsp3) is 1.00. The molecule has 1 aliphatic rings. The standard InChI is InChI=1S/C18H37NO/c1-15(2)11-13-19(14-12-16(3)4)17-9-7-5-6-8-10-18(17)20/h15-18,20H,5-14H2,1-4H3. The van der Waals surface area contributed by atoms with Crippen molar-refractivity contribution in [1.29, 1.82) is 0 Å². The molecule has 1 saturated carbocycles. The van der Waals surface area contributed by atoms with Gasteiger partial charge in [0.1, 0.15) is 0 Å². The highest BCUT2D eigenvalue weighted by Gasteiger charge is 2.26. The molecule has 1 rings (SSSR count). The van der Waals surface area contributed by atoms with Gasteiger partial charge in [-0.1, -0.05) is 53.4 Å². The molecular formula is C18H37NO. The van der Waals surface area contributed by atoms with Crippen LogP contribution in [-0.4, -0.2) is 35.2 Å². The summed E-state index contributed by atoms with van der Waals surface area (Å²) in [4.78, 5) is 2.61. The van der Waals surface area contributed by atoms with Crippen molar-refractivity contribution in [1.82, 2.24) is 4.90 Å². The molecule has 0 amide bonds. The molecule has 0 aromatic rings. The highest BCUT2D eigenvalue weighted by atomic mass is 16.3. The van der Waals surface area contributed by atoms with E-state index in [0.29, 0.717) is 6.04 Å². The molecule has 0 saturated heterocycles. The molecule has 1 fully saturated rings. The number of hydrogen-bond donors (Lipinski definition) is 1. The van der Waals surface area contributed by atoms with E-state index in [1.54, 1.807) is 0 Å². The molecular weight excluding hydrogens is 246 g/mol. The number of rotatable bonds is 7. The zero-order chi connectivity index (χ0) is 15.0. The molecule has 120 valence electrons. The Morgan fingerprint density at radius 2 is 1.35 bits per heavy atom. The monoisotopic (exact) mass is 283 g/mol. The summed E-state index contributed by atoms with van der Waals surface area (Å²) in [5.74, 6) is 1.50. The summed E-state index contributed by atoms with van der Waals surface area (Å²) in [5, 5.41) is 10.5. The predicted molar refractivity (Wildman–Crippen MR) is 88.0 cm³/mol. The number of aliphatic hydroxyl groups excluding tert-OH is 1. The molecule has 0 radical (unpaired) electrons. The Hall–Kier alpha value is -0.0800. The number of nitrogens with zero attached hydrogens (tertiary/aromatic N) is 1. The van der Waals surface area contributed by atoms with Crippen LogP contribution in [0.15, 0.2) is 0 Å². The van der Waals surface area contributed by atoms with E-state index in [4.69, 9.17) is 0 Å². The summed E-state index contributed by atoms with van der Waals surface area (Å²) in [7, 11) is 0. The predicted octanol–water partition coefficient (Wildman–Crippen LogP) is 4.46. The van der Waals surface area contributed by atoms with Gasteiger partial charge < -0.3 is 5.11 Å². The highest BCUT2D eigenvalue weighted by Crippen LogP contribution is 2.23. The third-order valence-corrected chi connectivity index (χ3v) is 4.65. The lowest BCUT2D eigenvalue weighted by atomic mass is 9.92. The van der Waals surface area contributed by atoms with Crippen molar-refractivity contribution in [2.24, 2.45) is 11.8 Å². The van der Waals surface area contributed by atoms with Crippen molar-refractivity contribution >= 4 is 0 Å². The van der Waals surface area contributed by atoms with Gasteiger partial charge in [-0.15, -0.1) is 0 Å². The molecule has 0 aliphatic heterocycles. The molecule has 2 atom stereocenters. The third kappa shape index (κ3) is 7.08. The Morgan fingerprint density at radius 1 is 0.850 bits per heavy atom. The quantitative estimate of drug-likeness (QED) is 0.745. The van der Waals surface area contributed by atoms with Crippen molar-refractivity contribution in [3.8, 4) is 0 Å². The lowest BCUT2D eigenvalue weighted by Crippen LogP contribution is -2.45. The second-order valence-electron chi connectivity index (χ2n) is 7.53. The number of hydrogen-bond acceptors (Lipinski definition) is 2. The minimum absolute atomic E-state index is 0.102. The first kappa shape index (κ1) is 18.0. The first-order chi connectivity index (χ1) is 9.50. The van der Waals surface area contributed by atoms with Crippen LogP contribution < -0.4 is 0 Å². The molecule has 20 heavy (non-hydrogen) atoms. The Labute approximate surface area is 126 Å². The third-order valence-electron chi connectivity index (χ3n) is 4.65.